The predicted octanol–water partition coefficient (Wildman–Crippen LogP) is 3.18. The van der Waals surface area contributed by atoms with Crippen molar-refractivity contribution in [2.45, 2.75) is 6.54 Å². The summed E-state index contributed by atoms with van der Waals surface area (Å²) < 4.78 is 7.88. The van der Waals surface area contributed by atoms with Crippen molar-refractivity contribution in [3.8, 4) is 0 Å². The van der Waals surface area contributed by atoms with E-state index in [-0.39, 0.29) is 5.91 Å². The Bertz CT molecular complexity index is 807. The number of amides is 1. The number of hydrogen-bond acceptors (Lipinski definition) is 4. The lowest BCUT2D eigenvalue weighted by atomic mass is 10.2. The number of rotatable bonds is 5. The molecule has 0 unspecified atom stereocenters. The number of halogens is 1. The summed E-state index contributed by atoms with van der Waals surface area (Å²) in [5, 5.41) is 6.86. The quantitative estimate of drug-likeness (QED) is 0.509. The van der Waals surface area contributed by atoms with Crippen molar-refractivity contribution in [3.63, 3.8) is 0 Å². The number of nitrogens with zero attached hydrogens (tertiary/aromatic N) is 3. The van der Waals surface area contributed by atoms with Gasteiger partial charge in [-0.15, -0.1) is 0 Å². The third kappa shape index (κ3) is 4.52. The van der Waals surface area contributed by atoms with Crippen LogP contribution in [-0.4, -0.2) is 20.7 Å². The molecule has 0 aliphatic rings. The molecule has 0 saturated carbocycles. The van der Waals surface area contributed by atoms with Crippen molar-refractivity contribution >= 4 is 40.3 Å². The number of furan rings is 1. The predicted molar refractivity (Wildman–Crippen MR) is 94.7 cm³/mol. The highest BCUT2D eigenvalue weighted by Crippen LogP contribution is 2.13. The number of carbonyl (C=O) groups is 1. The van der Waals surface area contributed by atoms with Crippen molar-refractivity contribution in [2.24, 2.45) is 0 Å². The van der Waals surface area contributed by atoms with Gasteiger partial charge in [-0.05, 0) is 58.5 Å². The van der Waals surface area contributed by atoms with Crippen molar-refractivity contribution in [1.82, 2.24) is 14.8 Å². The molecular weight excluding hydrogens is 407 g/mol. The second kappa shape index (κ2) is 7.23. The highest BCUT2D eigenvalue weighted by molar-refractivity contribution is 14.1. The Morgan fingerprint density at radius 1 is 1.26 bits per heavy atom. The molecule has 7 heteroatoms. The molecule has 6 nitrogen and oxygen atoms in total. The Morgan fingerprint density at radius 2 is 2.09 bits per heavy atom. The van der Waals surface area contributed by atoms with Crippen LogP contribution in [0.15, 0.2) is 59.5 Å². The minimum absolute atomic E-state index is 0.208. The zero-order valence-electron chi connectivity index (χ0n) is 12.0. The monoisotopic (exact) mass is 420 g/mol. The number of nitrogens with one attached hydrogen (secondary N) is 1. The van der Waals surface area contributed by atoms with Crippen LogP contribution in [0.3, 0.4) is 0 Å². The largest absolute Gasteiger partial charge is 0.451 e. The van der Waals surface area contributed by atoms with Crippen LogP contribution in [0.25, 0.3) is 6.08 Å². The molecule has 3 aromatic rings. The highest BCUT2D eigenvalue weighted by atomic mass is 127. The van der Waals surface area contributed by atoms with Crippen LogP contribution in [0.4, 0.5) is 5.69 Å². The zero-order valence-corrected chi connectivity index (χ0v) is 14.2. The summed E-state index contributed by atoms with van der Waals surface area (Å²) >= 11 is 2.08. The fraction of sp³-hybridized carbons (Fsp3) is 0.0625. The van der Waals surface area contributed by atoms with Crippen LogP contribution in [0.2, 0.25) is 0 Å². The summed E-state index contributed by atoms with van der Waals surface area (Å²) in [6.07, 6.45) is 6.24. The van der Waals surface area contributed by atoms with Crippen LogP contribution in [-0.2, 0) is 11.3 Å². The van der Waals surface area contributed by atoms with Gasteiger partial charge in [0.1, 0.15) is 18.4 Å². The fourth-order valence-corrected chi connectivity index (χ4v) is 2.39. The van der Waals surface area contributed by atoms with Crippen LogP contribution < -0.4 is 5.32 Å². The van der Waals surface area contributed by atoms with E-state index in [1.54, 1.807) is 17.1 Å². The van der Waals surface area contributed by atoms with Crippen LogP contribution in [0.5, 0.6) is 0 Å². The first-order valence-corrected chi connectivity index (χ1v) is 7.93. The fourth-order valence-electron chi connectivity index (χ4n) is 1.95. The molecule has 0 fully saturated rings. The molecule has 0 saturated heterocycles. The Balaban J connectivity index is 1.57. The normalized spacial score (nSPS) is 11.0. The number of hydrogen-bond donors (Lipinski definition) is 1. The summed E-state index contributed by atoms with van der Waals surface area (Å²) in [6, 6.07) is 11.2. The van der Waals surface area contributed by atoms with Crippen molar-refractivity contribution in [2.75, 3.05) is 5.32 Å². The lowest BCUT2D eigenvalue weighted by Crippen LogP contribution is -2.08. The Kier molecular flexibility index (Phi) is 4.86. The van der Waals surface area contributed by atoms with E-state index in [2.05, 4.69) is 38.0 Å². The van der Waals surface area contributed by atoms with Gasteiger partial charge < -0.3 is 9.73 Å². The van der Waals surface area contributed by atoms with Gasteiger partial charge in [0.2, 0.25) is 5.91 Å². The maximum Gasteiger partial charge on any atom is 0.248 e. The van der Waals surface area contributed by atoms with E-state index in [1.807, 2.05) is 36.4 Å². The summed E-state index contributed by atoms with van der Waals surface area (Å²) in [5.41, 5.74) is 1.81. The third-order valence-corrected chi connectivity index (χ3v) is 3.61. The van der Waals surface area contributed by atoms with Gasteiger partial charge in [0.15, 0.2) is 3.77 Å². The standard InChI is InChI=1S/C16H13IN4O2/c17-15-7-5-14(23-15)6-8-16(22)20-13-3-1-12(2-4-13)9-21-11-18-10-19-21/h1-8,10-11H,9H2,(H,20,22)/b8-6+. The minimum atomic E-state index is -0.208. The smallest absolute Gasteiger partial charge is 0.248 e. The van der Waals surface area contributed by atoms with Crippen LogP contribution >= 0.6 is 22.6 Å². The van der Waals surface area contributed by atoms with Gasteiger partial charge in [-0.1, -0.05) is 12.1 Å². The minimum Gasteiger partial charge on any atom is -0.451 e. The molecular formula is C16H13IN4O2. The SMILES string of the molecule is O=C(/C=C/c1ccc(I)o1)Nc1ccc(Cn2cncn2)cc1. The number of benzene rings is 1. The van der Waals surface area contributed by atoms with E-state index in [9.17, 15) is 4.79 Å². The molecule has 1 amide bonds. The average molecular weight is 420 g/mol. The second-order valence-corrected chi connectivity index (χ2v) is 5.82. The van der Waals surface area contributed by atoms with Gasteiger partial charge in [0.25, 0.3) is 0 Å². The van der Waals surface area contributed by atoms with E-state index in [0.29, 0.717) is 12.3 Å². The molecule has 0 spiro atoms. The van der Waals surface area contributed by atoms with E-state index < -0.39 is 0 Å². The molecule has 0 aliphatic carbocycles. The summed E-state index contributed by atoms with van der Waals surface area (Å²) in [6.45, 7) is 0.644. The molecule has 0 bridgehead atoms. The first-order valence-electron chi connectivity index (χ1n) is 6.85. The van der Waals surface area contributed by atoms with Gasteiger partial charge in [0.05, 0.1) is 6.54 Å². The molecule has 3 rings (SSSR count). The molecule has 2 heterocycles. The number of anilines is 1. The molecule has 0 atom stereocenters. The first-order chi connectivity index (χ1) is 11.2. The Labute approximate surface area is 146 Å². The average Bonchev–Trinajstić information content (AvgIpc) is 3.19. The molecule has 1 N–H and O–H groups in total. The van der Waals surface area contributed by atoms with Crippen LogP contribution in [0.1, 0.15) is 11.3 Å². The third-order valence-electron chi connectivity index (χ3n) is 3.03. The summed E-state index contributed by atoms with van der Waals surface area (Å²) in [7, 11) is 0. The number of aromatic nitrogens is 3. The maximum atomic E-state index is 11.9. The van der Waals surface area contributed by atoms with Crippen molar-refractivity contribution in [3.05, 3.63) is 70.2 Å². The van der Waals surface area contributed by atoms with Gasteiger partial charge in [-0.3, -0.25) is 4.79 Å². The maximum absolute atomic E-state index is 11.9. The topological polar surface area (TPSA) is 73.0 Å². The Morgan fingerprint density at radius 3 is 2.74 bits per heavy atom. The zero-order chi connectivity index (χ0) is 16.1. The Hall–Kier alpha value is -2.42. The molecule has 2 aromatic heterocycles. The van der Waals surface area contributed by atoms with Gasteiger partial charge in [-0.25, -0.2) is 9.67 Å². The molecule has 1 aromatic carbocycles. The number of carbonyl (C=O) groups excluding carboxylic acids is 1. The highest BCUT2D eigenvalue weighted by Gasteiger charge is 2.01. The summed E-state index contributed by atoms with van der Waals surface area (Å²) in [5.74, 6) is 0.438. The first kappa shape index (κ1) is 15.5. The molecule has 0 aliphatic heterocycles. The van der Waals surface area contributed by atoms with Crippen molar-refractivity contribution in [1.29, 1.82) is 0 Å². The van der Waals surface area contributed by atoms with Gasteiger partial charge in [0, 0.05) is 11.8 Å². The lowest BCUT2D eigenvalue weighted by Gasteiger charge is -2.04. The van der Waals surface area contributed by atoms with E-state index >= 15 is 0 Å². The molecule has 23 heavy (non-hydrogen) atoms. The van der Waals surface area contributed by atoms with Gasteiger partial charge >= 0.3 is 0 Å². The van der Waals surface area contributed by atoms with E-state index in [1.165, 1.54) is 12.4 Å². The van der Waals surface area contributed by atoms with Gasteiger partial charge in [-0.2, -0.15) is 5.10 Å². The van der Waals surface area contributed by atoms with Crippen molar-refractivity contribution < 1.29 is 9.21 Å². The van der Waals surface area contributed by atoms with E-state index in [0.717, 1.165) is 15.0 Å². The van der Waals surface area contributed by atoms with E-state index in [4.69, 9.17) is 4.42 Å². The molecule has 116 valence electrons. The lowest BCUT2D eigenvalue weighted by molar-refractivity contribution is -0.111. The molecule has 0 radical (unpaired) electrons. The second-order valence-electron chi connectivity index (χ2n) is 4.75. The summed E-state index contributed by atoms with van der Waals surface area (Å²) in [4.78, 5) is 15.8. The van der Waals surface area contributed by atoms with Crippen LogP contribution in [0, 0.1) is 3.77 Å².